The Hall–Kier alpha value is -9.17. The molecule has 378 valence electrons. The molecular weight excluding hydrogens is 941 g/mol. The van der Waals surface area contributed by atoms with Gasteiger partial charge in [-0.3, -0.25) is 33.6 Å². The van der Waals surface area contributed by atoms with Crippen LogP contribution in [-0.2, 0) is 48.9 Å². The zero-order valence-electron chi connectivity index (χ0n) is 41.0. The first-order valence-electron chi connectivity index (χ1n) is 23.3. The van der Waals surface area contributed by atoms with E-state index >= 15 is 0 Å². The molecule has 6 amide bonds. The van der Waals surface area contributed by atoms with Crippen LogP contribution in [0.15, 0.2) is 90.5 Å². The lowest BCUT2D eigenvalue weighted by Gasteiger charge is -2.25. The molecule has 73 heavy (non-hydrogen) atoms. The van der Waals surface area contributed by atoms with Gasteiger partial charge in [-0.2, -0.15) is 0 Å². The highest BCUT2D eigenvalue weighted by Crippen LogP contribution is 2.40. The molecular formula is C51H54N12O10. The summed E-state index contributed by atoms with van der Waals surface area (Å²) in [6, 6.07) is 15.4. The van der Waals surface area contributed by atoms with Gasteiger partial charge in [-0.15, -0.1) is 0 Å². The first-order valence-corrected chi connectivity index (χ1v) is 23.3. The van der Waals surface area contributed by atoms with E-state index < -0.39 is 17.7 Å². The minimum atomic E-state index is -0.610. The Morgan fingerprint density at radius 1 is 0.699 bits per heavy atom. The van der Waals surface area contributed by atoms with Crippen LogP contribution in [0, 0.1) is 0 Å². The van der Waals surface area contributed by atoms with Crippen molar-refractivity contribution in [2.24, 2.45) is 33.2 Å². The Morgan fingerprint density at radius 3 is 2.03 bits per heavy atom. The maximum Gasteiger partial charge on any atom is 0.305 e. The van der Waals surface area contributed by atoms with Gasteiger partial charge >= 0.3 is 5.97 Å². The number of ether oxygens (including phenoxy) is 3. The maximum atomic E-state index is 13.9. The van der Waals surface area contributed by atoms with Gasteiger partial charge < -0.3 is 64.0 Å². The molecule has 4 aromatic heterocycles. The molecule has 22 nitrogen and oxygen atoms in total. The van der Waals surface area contributed by atoms with Crippen molar-refractivity contribution >= 4 is 81.5 Å². The topological polar surface area (TPSA) is 256 Å². The van der Waals surface area contributed by atoms with Gasteiger partial charge in [0.1, 0.15) is 17.1 Å². The second kappa shape index (κ2) is 21.9. The van der Waals surface area contributed by atoms with Crippen molar-refractivity contribution in [1.29, 1.82) is 0 Å². The van der Waals surface area contributed by atoms with E-state index in [4.69, 9.17) is 9.47 Å². The third-order valence-electron chi connectivity index (χ3n) is 12.2. The molecule has 0 saturated carbocycles. The highest BCUT2D eigenvalue weighted by molar-refractivity contribution is 6.12. The van der Waals surface area contributed by atoms with E-state index in [1.165, 1.54) is 41.7 Å². The molecule has 1 unspecified atom stereocenters. The average molecular weight is 995 g/mol. The van der Waals surface area contributed by atoms with Crippen LogP contribution in [0.4, 0.5) is 34.3 Å². The molecule has 0 saturated heterocycles. The number of amides is 6. The van der Waals surface area contributed by atoms with Gasteiger partial charge in [0, 0.05) is 90.2 Å². The third kappa shape index (κ3) is 11.4. The SMILES string of the molecule is COC(=O)CCCCNC(=O)c1cc(NC(=O)c2cc(NC(=O)c3nc(NC(=O)c4cc(NC(=O)CCCOc5cc6c(cc5OC)C(=O)N5c7ccccc7CC5C=C=N6)cn4C)cn3C)cn2C)cn1C. The average Bonchev–Trinajstić information content (AvgIpc) is 4.19. The van der Waals surface area contributed by atoms with E-state index in [-0.39, 0.29) is 72.2 Å². The van der Waals surface area contributed by atoms with Crippen molar-refractivity contribution in [2.75, 3.05) is 53.5 Å². The summed E-state index contributed by atoms with van der Waals surface area (Å²) in [5.74, 6) is 0.939. The van der Waals surface area contributed by atoms with Crippen LogP contribution in [0.1, 0.15) is 90.1 Å². The fourth-order valence-electron chi connectivity index (χ4n) is 8.52. The summed E-state index contributed by atoms with van der Waals surface area (Å²) in [5.41, 5.74) is 4.46. The highest BCUT2D eigenvalue weighted by Gasteiger charge is 2.35. The number of aryl methyl sites for hydroxylation is 4. The number of unbranched alkanes of at least 4 members (excludes halogenated alkanes) is 1. The molecule has 5 N–H and O–H groups in total. The predicted molar refractivity (Wildman–Crippen MR) is 270 cm³/mol. The Kier molecular flexibility index (Phi) is 15.0. The molecule has 1 atom stereocenters. The molecule has 2 aliphatic rings. The standard InChI is InChI=1S/C51H54N12O10/c1-59-27-32(22-38(59)47(66)53-17-10-9-15-45(65)72-6)55-48(67)39-23-33(28-61(39)3)56-50(69)46-57-43(29-62(46)4)58-49(68)40-21-31(26-60(40)2)54-44(64)14-11-19-73-42-25-36-35(24-41(42)71-5)51(70)63-34(16-18-52-36)20-30-12-7-8-13-37(30)63/h7-8,12-13,16,21-29,34H,9-11,14-15,17,19-20H2,1-6H3,(H,53,66)(H,54,64)(H,55,67)(H,56,69)(H,58,68). The molecule has 2 aliphatic heterocycles. The summed E-state index contributed by atoms with van der Waals surface area (Å²) in [6.07, 6.45) is 10.5. The number of hydrogen-bond acceptors (Lipinski definition) is 12. The maximum absolute atomic E-state index is 13.9. The van der Waals surface area contributed by atoms with Crippen molar-refractivity contribution in [3.05, 3.63) is 119 Å². The molecule has 0 aliphatic carbocycles. The number of aliphatic imine (C=N–C) groups is 1. The summed E-state index contributed by atoms with van der Waals surface area (Å²) in [5, 5.41) is 13.8. The summed E-state index contributed by atoms with van der Waals surface area (Å²) >= 11 is 0. The van der Waals surface area contributed by atoms with E-state index in [2.05, 4.69) is 47.2 Å². The van der Waals surface area contributed by atoms with Crippen LogP contribution in [0.2, 0.25) is 0 Å². The van der Waals surface area contributed by atoms with Gasteiger partial charge in [0.05, 0.1) is 55.2 Å². The number of nitrogens with one attached hydrogen (secondary N) is 5. The molecule has 0 radical (unpaired) electrons. The van der Waals surface area contributed by atoms with E-state index in [0.29, 0.717) is 77.7 Å². The van der Waals surface area contributed by atoms with Gasteiger partial charge in [0.15, 0.2) is 17.3 Å². The van der Waals surface area contributed by atoms with Crippen LogP contribution in [-0.4, -0.2) is 104 Å². The van der Waals surface area contributed by atoms with Gasteiger partial charge in [-0.25, -0.2) is 9.98 Å². The number of anilines is 5. The van der Waals surface area contributed by atoms with Gasteiger partial charge in [-0.1, -0.05) is 18.2 Å². The monoisotopic (exact) mass is 994 g/mol. The van der Waals surface area contributed by atoms with Gasteiger partial charge in [0.25, 0.3) is 29.5 Å². The summed E-state index contributed by atoms with van der Waals surface area (Å²) in [4.78, 5) is 102. The molecule has 0 spiro atoms. The largest absolute Gasteiger partial charge is 0.493 e. The zero-order valence-corrected chi connectivity index (χ0v) is 41.0. The van der Waals surface area contributed by atoms with Crippen LogP contribution < -0.4 is 41.0 Å². The summed E-state index contributed by atoms with van der Waals surface area (Å²) < 4.78 is 22.3. The summed E-state index contributed by atoms with van der Waals surface area (Å²) in [6.45, 7) is 0.513. The number of carbonyl (C=O) groups is 7. The van der Waals surface area contributed by atoms with Crippen LogP contribution in [0.3, 0.4) is 0 Å². The second-order valence-electron chi connectivity index (χ2n) is 17.4. The Bertz CT molecular complexity index is 3220. The number of rotatable bonds is 19. The lowest BCUT2D eigenvalue weighted by molar-refractivity contribution is -0.140. The quantitative estimate of drug-likeness (QED) is 0.0499. The number of methoxy groups -OCH3 is 2. The minimum Gasteiger partial charge on any atom is -0.493 e. The van der Waals surface area contributed by atoms with Gasteiger partial charge in [-0.05, 0) is 67.4 Å². The van der Waals surface area contributed by atoms with Crippen LogP contribution >= 0.6 is 0 Å². The highest BCUT2D eigenvalue weighted by atomic mass is 16.5. The minimum absolute atomic E-state index is 0.0316. The van der Waals surface area contributed by atoms with Crippen LogP contribution in [0.25, 0.3) is 0 Å². The fraction of sp³-hybridized carbons (Fsp3) is 0.294. The number of imidazole rings is 1. The summed E-state index contributed by atoms with van der Waals surface area (Å²) in [7, 11) is 9.35. The molecule has 8 rings (SSSR count). The van der Waals surface area contributed by atoms with Crippen molar-refractivity contribution in [1.82, 2.24) is 28.6 Å². The number of carbonyl (C=O) groups excluding carboxylic acids is 7. The number of hydrogen-bond donors (Lipinski definition) is 5. The Balaban J connectivity index is 0.802. The number of benzene rings is 2. The number of esters is 1. The second-order valence-corrected chi connectivity index (χ2v) is 17.4. The normalized spacial score (nSPS) is 13.3. The van der Waals surface area contributed by atoms with E-state index in [1.807, 2.05) is 24.3 Å². The molecule has 6 aromatic rings. The molecule has 0 bridgehead atoms. The van der Waals surface area contributed by atoms with E-state index in [9.17, 15) is 33.6 Å². The number of para-hydroxylation sites is 1. The number of aromatic nitrogens is 5. The Labute approximate surface area is 419 Å². The lowest BCUT2D eigenvalue weighted by atomic mass is 10.1. The van der Waals surface area contributed by atoms with E-state index in [0.717, 1.165) is 11.3 Å². The molecule has 6 heterocycles. The van der Waals surface area contributed by atoms with Crippen molar-refractivity contribution in [2.45, 2.75) is 44.6 Å². The first kappa shape index (κ1) is 50.2. The number of nitrogens with zero attached hydrogens (tertiary/aromatic N) is 7. The van der Waals surface area contributed by atoms with Gasteiger partial charge in [0.2, 0.25) is 11.7 Å². The van der Waals surface area contributed by atoms with Crippen molar-refractivity contribution < 1.29 is 47.8 Å². The van der Waals surface area contributed by atoms with Crippen molar-refractivity contribution in [3.8, 4) is 11.5 Å². The van der Waals surface area contributed by atoms with Crippen LogP contribution in [0.5, 0.6) is 11.5 Å². The van der Waals surface area contributed by atoms with Crippen molar-refractivity contribution in [3.63, 3.8) is 0 Å². The molecule has 2 aromatic carbocycles. The predicted octanol–water partition coefficient (Wildman–Crippen LogP) is 5.51. The third-order valence-corrected chi connectivity index (χ3v) is 12.2. The fourth-order valence-corrected chi connectivity index (χ4v) is 8.52. The first-order chi connectivity index (χ1) is 35.1. The van der Waals surface area contributed by atoms with E-state index in [1.54, 1.807) is 85.1 Å². The molecule has 22 heteroatoms. The zero-order chi connectivity index (χ0) is 51.9. The number of fused-ring (bicyclic) bond motifs is 4. The Morgan fingerprint density at radius 2 is 1.34 bits per heavy atom. The smallest absolute Gasteiger partial charge is 0.305 e. The lowest BCUT2D eigenvalue weighted by Crippen LogP contribution is -2.37. The molecule has 0 fully saturated rings.